The Morgan fingerprint density at radius 1 is 1.12 bits per heavy atom. The van der Waals surface area contributed by atoms with Crippen LogP contribution in [0.15, 0.2) is 58.6 Å². The first-order valence-corrected chi connectivity index (χ1v) is 9.11. The van der Waals surface area contributed by atoms with Gasteiger partial charge in [0.15, 0.2) is 0 Å². The molecule has 134 valence electrons. The second-order valence-corrected chi connectivity index (χ2v) is 7.19. The van der Waals surface area contributed by atoms with Crippen LogP contribution in [0.2, 0.25) is 5.02 Å². The quantitative estimate of drug-likeness (QED) is 0.437. The Labute approximate surface area is 164 Å². The Morgan fingerprint density at radius 2 is 1.73 bits per heavy atom. The van der Waals surface area contributed by atoms with Gasteiger partial charge in [0.05, 0.1) is 11.6 Å². The molecule has 0 spiro atoms. The number of amides is 1. The molecule has 2 aromatic carbocycles. The van der Waals surface area contributed by atoms with Gasteiger partial charge >= 0.3 is 0 Å². The van der Waals surface area contributed by atoms with Crippen molar-refractivity contribution in [3.8, 4) is 0 Å². The van der Waals surface area contributed by atoms with E-state index in [0.29, 0.717) is 10.6 Å². The summed E-state index contributed by atoms with van der Waals surface area (Å²) >= 11 is 9.26. The molecule has 26 heavy (non-hydrogen) atoms. The number of carbonyl (C=O) groups excluding carboxylic acids is 2. The van der Waals surface area contributed by atoms with Gasteiger partial charge in [-0.2, -0.15) is 0 Å². The fourth-order valence-corrected chi connectivity index (χ4v) is 3.39. The van der Waals surface area contributed by atoms with E-state index in [1.165, 1.54) is 4.90 Å². The second kappa shape index (κ2) is 7.61. The SMILES string of the molecule is NCCN1C(=O)C(=O)C(=C(O)c2ccc(Cl)cc2)[C@H]1c1ccc(Br)cc1. The number of rotatable bonds is 4. The molecule has 0 aliphatic carbocycles. The topological polar surface area (TPSA) is 83.6 Å². The molecular weight excluding hydrogens is 420 g/mol. The van der Waals surface area contributed by atoms with E-state index < -0.39 is 17.7 Å². The van der Waals surface area contributed by atoms with Crippen LogP contribution in [0.3, 0.4) is 0 Å². The highest BCUT2D eigenvalue weighted by atomic mass is 79.9. The van der Waals surface area contributed by atoms with Crippen molar-refractivity contribution in [2.45, 2.75) is 6.04 Å². The van der Waals surface area contributed by atoms with Gasteiger partial charge in [-0.3, -0.25) is 9.59 Å². The zero-order valence-corrected chi connectivity index (χ0v) is 16.0. The second-order valence-electron chi connectivity index (χ2n) is 5.84. The molecule has 1 aliphatic heterocycles. The number of aliphatic hydroxyl groups excluding tert-OH is 1. The van der Waals surface area contributed by atoms with Crippen molar-refractivity contribution in [3.63, 3.8) is 0 Å². The van der Waals surface area contributed by atoms with E-state index in [0.717, 1.165) is 10.0 Å². The van der Waals surface area contributed by atoms with Gasteiger partial charge in [-0.05, 0) is 42.0 Å². The maximum absolute atomic E-state index is 12.6. The lowest BCUT2D eigenvalue weighted by molar-refractivity contribution is -0.139. The molecule has 1 fully saturated rings. The van der Waals surface area contributed by atoms with Crippen LogP contribution in [0.5, 0.6) is 0 Å². The molecule has 1 saturated heterocycles. The van der Waals surface area contributed by atoms with Gasteiger partial charge in [0.25, 0.3) is 11.7 Å². The molecule has 3 N–H and O–H groups in total. The maximum atomic E-state index is 12.6. The van der Waals surface area contributed by atoms with E-state index in [1.807, 2.05) is 12.1 Å². The summed E-state index contributed by atoms with van der Waals surface area (Å²) in [7, 11) is 0. The number of likely N-dealkylation sites (tertiary alicyclic amines) is 1. The van der Waals surface area contributed by atoms with E-state index in [-0.39, 0.29) is 24.4 Å². The van der Waals surface area contributed by atoms with Gasteiger partial charge in [-0.15, -0.1) is 0 Å². The number of nitrogens with two attached hydrogens (primary N) is 1. The molecule has 1 aliphatic rings. The summed E-state index contributed by atoms with van der Waals surface area (Å²) < 4.78 is 0.870. The van der Waals surface area contributed by atoms with Gasteiger partial charge in [0, 0.05) is 28.1 Å². The number of Topliss-reactive ketones (excluding diaryl/α,β-unsaturated/α-hetero) is 1. The standard InChI is InChI=1S/C19H16BrClN2O3/c20-13-5-1-11(2-6-13)16-15(18(25)19(26)23(16)10-9-22)17(24)12-3-7-14(21)8-4-12/h1-8,16,24H,9-10,22H2/t16-/m1/s1. The van der Waals surface area contributed by atoms with Gasteiger partial charge < -0.3 is 15.7 Å². The average molecular weight is 436 g/mol. The lowest BCUT2D eigenvalue weighted by Crippen LogP contribution is -2.34. The molecule has 2 aromatic rings. The van der Waals surface area contributed by atoms with E-state index in [4.69, 9.17) is 17.3 Å². The summed E-state index contributed by atoms with van der Waals surface area (Å²) in [5, 5.41) is 11.3. The number of hydrogen-bond donors (Lipinski definition) is 2. The highest BCUT2D eigenvalue weighted by molar-refractivity contribution is 9.10. The Kier molecular flexibility index (Phi) is 5.46. The van der Waals surface area contributed by atoms with Crippen LogP contribution < -0.4 is 5.73 Å². The van der Waals surface area contributed by atoms with Crippen LogP contribution in [-0.2, 0) is 9.59 Å². The number of aliphatic hydroxyl groups is 1. The Morgan fingerprint density at radius 3 is 2.31 bits per heavy atom. The third-order valence-corrected chi connectivity index (χ3v) is 4.99. The number of carbonyl (C=O) groups is 2. The van der Waals surface area contributed by atoms with Gasteiger partial charge in [0.2, 0.25) is 0 Å². The smallest absolute Gasteiger partial charge is 0.295 e. The minimum absolute atomic E-state index is 0.0492. The molecule has 0 radical (unpaired) electrons. The first-order valence-electron chi connectivity index (χ1n) is 7.94. The Bertz CT molecular complexity index is 879. The predicted octanol–water partition coefficient (Wildman–Crippen LogP) is 3.48. The number of benzene rings is 2. The summed E-state index contributed by atoms with van der Waals surface area (Å²) in [6, 6.07) is 13.0. The first kappa shape index (κ1) is 18.6. The third kappa shape index (κ3) is 3.40. The van der Waals surface area contributed by atoms with Crippen molar-refractivity contribution in [3.05, 3.63) is 74.7 Å². The Balaban J connectivity index is 2.17. The van der Waals surface area contributed by atoms with Crippen molar-refractivity contribution in [1.82, 2.24) is 4.90 Å². The van der Waals surface area contributed by atoms with Crippen LogP contribution in [0.25, 0.3) is 5.76 Å². The molecule has 5 nitrogen and oxygen atoms in total. The van der Waals surface area contributed by atoms with Crippen LogP contribution in [0.4, 0.5) is 0 Å². The molecular formula is C19H16BrClN2O3. The Hall–Kier alpha value is -2.15. The van der Waals surface area contributed by atoms with Crippen LogP contribution in [-0.4, -0.2) is 34.8 Å². The van der Waals surface area contributed by atoms with Crippen molar-refractivity contribution >= 4 is 45.0 Å². The maximum Gasteiger partial charge on any atom is 0.295 e. The summed E-state index contributed by atoms with van der Waals surface area (Å²) in [5.74, 6) is -1.62. The lowest BCUT2D eigenvalue weighted by Gasteiger charge is -2.24. The van der Waals surface area contributed by atoms with Gasteiger partial charge in [-0.1, -0.05) is 39.7 Å². The summed E-state index contributed by atoms with van der Waals surface area (Å²) in [4.78, 5) is 26.5. The van der Waals surface area contributed by atoms with E-state index in [1.54, 1.807) is 36.4 Å². The van der Waals surface area contributed by atoms with Crippen LogP contribution in [0, 0.1) is 0 Å². The fraction of sp³-hybridized carbons (Fsp3) is 0.158. The highest BCUT2D eigenvalue weighted by Crippen LogP contribution is 2.39. The monoisotopic (exact) mass is 434 g/mol. The minimum Gasteiger partial charge on any atom is -0.507 e. The van der Waals surface area contributed by atoms with Crippen LogP contribution >= 0.6 is 27.5 Å². The predicted molar refractivity (Wildman–Crippen MR) is 104 cm³/mol. The molecule has 1 atom stereocenters. The van der Waals surface area contributed by atoms with Crippen LogP contribution in [0.1, 0.15) is 17.2 Å². The van der Waals surface area contributed by atoms with Crippen molar-refractivity contribution < 1.29 is 14.7 Å². The average Bonchev–Trinajstić information content (AvgIpc) is 2.88. The number of halogens is 2. The summed E-state index contributed by atoms with van der Waals surface area (Å²) in [6.45, 7) is 0.420. The van der Waals surface area contributed by atoms with Crippen molar-refractivity contribution in [1.29, 1.82) is 0 Å². The number of hydrogen-bond acceptors (Lipinski definition) is 4. The van der Waals surface area contributed by atoms with Crippen molar-refractivity contribution in [2.24, 2.45) is 5.73 Å². The minimum atomic E-state index is -0.723. The van der Waals surface area contributed by atoms with Gasteiger partial charge in [0.1, 0.15) is 5.76 Å². The third-order valence-electron chi connectivity index (χ3n) is 4.21. The largest absolute Gasteiger partial charge is 0.507 e. The molecule has 0 saturated carbocycles. The van der Waals surface area contributed by atoms with Gasteiger partial charge in [-0.25, -0.2) is 0 Å². The first-order chi connectivity index (χ1) is 12.4. The lowest BCUT2D eigenvalue weighted by atomic mass is 9.95. The molecule has 7 heteroatoms. The van der Waals surface area contributed by atoms with E-state index in [2.05, 4.69) is 15.9 Å². The summed E-state index contributed by atoms with van der Waals surface area (Å²) in [6.07, 6.45) is 0. The number of nitrogens with zero attached hydrogens (tertiary/aromatic N) is 1. The molecule has 0 unspecified atom stereocenters. The molecule has 0 aromatic heterocycles. The van der Waals surface area contributed by atoms with Crippen molar-refractivity contribution in [2.75, 3.05) is 13.1 Å². The normalized spacial score (nSPS) is 19.2. The summed E-state index contributed by atoms with van der Waals surface area (Å²) in [5.41, 5.74) is 6.81. The number of ketones is 1. The zero-order valence-electron chi connectivity index (χ0n) is 13.7. The highest BCUT2D eigenvalue weighted by Gasteiger charge is 2.45. The fourth-order valence-electron chi connectivity index (χ4n) is 3.00. The molecule has 3 rings (SSSR count). The molecule has 1 amide bonds. The van der Waals surface area contributed by atoms with E-state index in [9.17, 15) is 14.7 Å². The molecule has 1 heterocycles. The zero-order chi connectivity index (χ0) is 18.8. The molecule has 0 bridgehead atoms. The van der Waals surface area contributed by atoms with E-state index >= 15 is 0 Å².